The molecule has 28 heteroatoms. The first-order chi connectivity index (χ1) is 42.9. The van der Waals surface area contributed by atoms with E-state index in [4.69, 9.17) is 9.98 Å². The Balaban J connectivity index is 1.16. The van der Waals surface area contributed by atoms with Crippen molar-refractivity contribution in [2.45, 2.75) is 0 Å². The lowest BCUT2D eigenvalue weighted by molar-refractivity contribution is 0.376. The molecule has 16 bridgehead atoms. The van der Waals surface area contributed by atoms with Gasteiger partial charge in [-0.05, 0) is 85.0 Å². The summed E-state index contributed by atoms with van der Waals surface area (Å²) in [5, 5.41) is -1.78. The van der Waals surface area contributed by atoms with Crippen LogP contribution in [0.5, 0.6) is 0 Å². The molecule has 11 aromatic rings. The third-order valence-electron chi connectivity index (χ3n) is 15.6. The van der Waals surface area contributed by atoms with E-state index < -0.39 is 205 Å². The molecule has 4 aliphatic heterocycles. The van der Waals surface area contributed by atoms with Gasteiger partial charge in [-0.3, -0.25) is 0 Å². The van der Waals surface area contributed by atoms with Crippen LogP contribution in [0.1, 0.15) is 11.1 Å². The summed E-state index contributed by atoms with van der Waals surface area (Å²) in [6.45, 7) is 0. The van der Waals surface area contributed by atoms with Crippen LogP contribution in [-0.4, -0.2) is 36.3 Å². The van der Waals surface area contributed by atoms with Crippen LogP contribution in [0.2, 0.25) is 0 Å². The number of aromatic nitrogens is 5. The molecule has 0 unspecified atom stereocenters. The molecular weight excluding hydrogens is 1240 g/mol. The Morgan fingerprint density at radius 3 is 1.10 bits per heavy atom. The molecule has 0 atom stereocenters. The van der Waals surface area contributed by atoms with Gasteiger partial charge in [-0.25, -0.2) is 108 Å². The zero-order valence-electron chi connectivity index (χ0n) is 43.4. The summed E-state index contributed by atoms with van der Waals surface area (Å²) in [7, 11) is 0. The Morgan fingerprint density at radius 1 is 0.300 bits per heavy atom. The van der Waals surface area contributed by atoms with Gasteiger partial charge in [0.2, 0.25) is 23.3 Å². The number of aliphatic imine (C=N–C) groups is 2. The molecule has 0 radical (unpaired) electrons. The Bertz CT molecular complexity index is 5800. The van der Waals surface area contributed by atoms with E-state index in [1.807, 2.05) is 0 Å². The standard InChI is InChI=1S/C62H18F20N8/c63-41-37(42(64)50(72)57(79)49(41)71)31-19-3-1-17(83-19)29-13-15-16-14-30-18-2-4-20(84-18)32(38-43(65)51(73)58(80)52(74)44(38)66)22-6-8-24(86-22)34(40-47(69)55(77)60(82)56(78)48(40)70)26-10-12-28(88-26)36(62(16)90-30)35(61(15)89-29)27-11-9-25(87-27)33(23-7-5-21(31)85-23)39-45(67)53(75)59(81)54(76)46(39)68/h1-14,83,85-87H. The molecule has 0 amide bonds. The first-order valence-electron chi connectivity index (χ1n) is 25.7. The minimum Gasteiger partial charge on any atom is -0.354 e. The number of hydrogen-bond acceptors (Lipinski definition) is 4. The number of fused-ring (bicyclic) bond motifs is 16. The summed E-state index contributed by atoms with van der Waals surface area (Å²) in [5.74, 6) is -49.4. The van der Waals surface area contributed by atoms with Crippen molar-refractivity contribution in [2.75, 3.05) is 0 Å². The fourth-order valence-electron chi connectivity index (χ4n) is 11.6. The van der Waals surface area contributed by atoms with Crippen LogP contribution in [0, 0.1) is 116 Å². The Hall–Kier alpha value is -11.1. The lowest BCUT2D eigenvalue weighted by Crippen LogP contribution is -2.39. The minimum atomic E-state index is -2.62. The smallest absolute Gasteiger partial charge is 0.200 e. The van der Waals surface area contributed by atoms with Gasteiger partial charge in [-0.15, -0.1) is 0 Å². The van der Waals surface area contributed by atoms with Crippen molar-refractivity contribution in [3.8, 4) is 22.3 Å². The highest BCUT2D eigenvalue weighted by Gasteiger charge is 2.36. The van der Waals surface area contributed by atoms with E-state index in [1.54, 1.807) is 0 Å². The topological polar surface area (TPSA) is 113 Å². The van der Waals surface area contributed by atoms with Gasteiger partial charge in [0.25, 0.3) is 0 Å². The average Bonchev–Trinajstić information content (AvgIpc) is 1.58. The van der Waals surface area contributed by atoms with E-state index >= 15 is 70.2 Å². The van der Waals surface area contributed by atoms with Crippen molar-refractivity contribution in [3.63, 3.8) is 0 Å². The van der Waals surface area contributed by atoms with E-state index in [9.17, 15) is 17.6 Å². The van der Waals surface area contributed by atoms with Crippen LogP contribution in [0.3, 0.4) is 0 Å². The third-order valence-corrected chi connectivity index (χ3v) is 15.6. The van der Waals surface area contributed by atoms with Crippen LogP contribution < -0.4 is 26.5 Å². The van der Waals surface area contributed by atoms with Crippen LogP contribution in [0.4, 0.5) is 87.8 Å². The molecule has 90 heavy (non-hydrogen) atoms. The maximum atomic E-state index is 16.4. The third kappa shape index (κ3) is 7.52. The van der Waals surface area contributed by atoms with Gasteiger partial charge >= 0.3 is 0 Å². The lowest BCUT2D eigenvalue weighted by Gasteiger charge is -2.12. The number of aromatic amines is 4. The molecular formula is C62H18F20N8. The average molecular weight is 1250 g/mol. The monoisotopic (exact) mass is 1250 g/mol. The quantitative estimate of drug-likeness (QED) is 0.0785. The van der Waals surface area contributed by atoms with Gasteiger partial charge in [0.05, 0.1) is 72.7 Å². The first kappa shape index (κ1) is 55.5. The van der Waals surface area contributed by atoms with Crippen LogP contribution in [0.25, 0.3) is 100 Å². The largest absolute Gasteiger partial charge is 0.354 e. The maximum absolute atomic E-state index is 16.4. The van der Waals surface area contributed by atoms with Crippen molar-refractivity contribution in [2.24, 2.45) is 15.0 Å². The highest BCUT2D eigenvalue weighted by Crippen LogP contribution is 2.41. The van der Waals surface area contributed by atoms with E-state index in [0.717, 1.165) is 54.6 Å². The first-order valence-corrected chi connectivity index (χ1v) is 25.7. The fourth-order valence-corrected chi connectivity index (χ4v) is 11.6. The van der Waals surface area contributed by atoms with Gasteiger partial charge in [-0.1, -0.05) is 0 Å². The highest BCUT2D eigenvalue weighted by molar-refractivity contribution is 6.32. The van der Waals surface area contributed by atoms with Crippen LogP contribution in [-0.2, 0) is 0 Å². The number of nitrogens with one attached hydrogen (secondary N) is 4. The van der Waals surface area contributed by atoms with Crippen molar-refractivity contribution in [3.05, 3.63) is 244 Å². The summed E-state index contributed by atoms with van der Waals surface area (Å²) in [6, 6.07) is 9.52. The Labute approximate surface area is 482 Å². The minimum absolute atomic E-state index is 0.0401. The molecule has 15 rings (SSSR count). The summed E-state index contributed by atoms with van der Waals surface area (Å²) in [6.07, 6.45) is 5.69. The molecule has 8 nitrogen and oxygen atoms in total. The van der Waals surface area contributed by atoms with Crippen molar-refractivity contribution >= 4 is 89.2 Å². The SMILES string of the molecule is Fc1c(F)c(F)c(C2=c3ccc([nH]3)=C(c3c(F)c(F)c(F)c(F)c3F)C3=NC(=c4c5c(c6cc7nc6c4c4ccc([nH]4)c(-c4c(F)c(F)c(F)c(F)c4F)c4ccc([nH]4)c(-c4c(F)c(F)c(F)c(F)c4F)c4ccc7[nH]4)=CC(=C4C=CC2=N4)N=5)C=C3)c(F)c1F. The van der Waals surface area contributed by atoms with Crippen LogP contribution in [0.15, 0.2) is 105 Å². The molecule has 0 fully saturated rings. The number of benzene rings is 5. The Kier molecular flexibility index (Phi) is 11.9. The van der Waals surface area contributed by atoms with Gasteiger partial charge in [-0.2, -0.15) is 0 Å². The van der Waals surface area contributed by atoms with Crippen molar-refractivity contribution in [1.82, 2.24) is 24.9 Å². The second-order valence-electron chi connectivity index (χ2n) is 20.4. The molecule has 5 aromatic carbocycles. The molecule has 6 aromatic heterocycles. The molecule has 4 N–H and O–H groups in total. The highest BCUT2D eigenvalue weighted by atomic mass is 19.2. The molecule has 0 spiro atoms. The second-order valence-corrected chi connectivity index (χ2v) is 20.4. The molecule has 446 valence electrons. The van der Waals surface area contributed by atoms with Gasteiger partial charge in [0.1, 0.15) is 0 Å². The zero-order chi connectivity index (χ0) is 63.3. The summed E-state index contributed by atoms with van der Waals surface area (Å²) < 4.78 is 311. The maximum Gasteiger partial charge on any atom is 0.200 e. The predicted octanol–water partition coefficient (Wildman–Crippen LogP) is 13.0. The van der Waals surface area contributed by atoms with Gasteiger partial charge in [0, 0.05) is 81.8 Å². The number of halogens is 20. The van der Waals surface area contributed by atoms with E-state index in [-0.39, 0.29) is 65.7 Å². The van der Waals surface area contributed by atoms with E-state index in [2.05, 4.69) is 29.9 Å². The summed E-state index contributed by atoms with van der Waals surface area (Å²) in [5.41, 5.74) is -15.1. The molecule has 0 saturated heterocycles. The number of hydrogen-bond donors (Lipinski definition) is 4. The van der Waals surface area contributed by atoms with Crippen molar-refractivity contribution < 1.29 is 87.8 Å². The Morgan fingerprint density at radius 2 is 0.656 bits per heavy atom. The normalized spacial score (nSPS) is 14.3. The van der Waals surface area contributed by atoms with E-state index in [1.165, 1.54) is 30.4 Å². The molecule has 0 aliphatic carbocycles. The van der Waals surface area contributed by atoms with Gasteiger partial charge in [0.15, 0.2) is 93.1 Å². The van der Waals surface area contributed by atoms with Crippen LogP contribution >= 0.6 is 0 Å². The number of allylic oxidation sites excluding steroid dienone is 4. The molecule has 10 heterocycles. The van der Waals surface area contributed by atoms with Crippen molar-refractivity contribution in [1.29, 1.82) is 0 Å². The summed E-state index contributed by atoms with van der Waals surface area (Å²) >= 11 is 0. The second kappa shape index (κ2) is 19.2. The van der Waals surface area contributed by atoms with E-state index in [0.29, 0.717) is 0 Å². The molecule has 0 saturated carbocycles. The molecule has 4 aliphatic rings. The summed E-state index contributed by atoms with van der Waals surface area (Å²) in [4.78, 5) is 29.6. The zero-order valence-corrected chi connectivity index (χ0v) is 43.4. The number of nitrogens with zero attached hydrogens (tertiary/aromatic N) is 4. The lowest BCUT2D eigenvalue weighted by atomic mass is 9.98. The number of rotatable bonds is 4. The fraction of sp³-hybridized carbons (Fsp3) is 0. The number of H-pyrrole nitrogens is 4. The predicted molar refractivity (Wildman–Crippen MR) is 284 cm³/mol. The van der Waals surface area contributed by atoms with Gasteiger partial charge < -0.3 is 19.9 Å².